The summed E-state index contributed by atoms with van der Waals surface area (Å²) < 4.78 is 10.5. The Morgan fingerprint density at radius 3 is 2.60 bits per heavy atom. The molecule has 1 saturated heterocycles. The molecule has 1 saturated carbocycles. The number of rotatable bonds is 4. The lowest BCUT2D eigenvalue weighted by Gasteiger charge is -2.44. The zero-order valence-corrected chi connectivity index (χ0v) is 18.1. The summed E-state index contributed by atoms with van der Waals surface area (Å²) in [6.45, 7) is 5.80. The second kappa shape index (κ2) is 9.49. The summed E-state index contributed by atoms with van der Waals surface area (Å²) in [7, 11) is 0. The maximum atomic E-state index is 12.7. The van der Waals surface area contributed by atoms with Gasteiger partial charge in [0, 0.05) is 18.3 Å². The molecule has 0 aromatic heterocycles. The number of fused-ring (bicyclic) bond motifs is 1. The smallest absolute Gasteiger partial charge is 0.412 e. The van der Waals surface area contributed by atoms with Gasteiger partial charge in [-0.2, -0.15) is 0 Å². The molecule has 1 N–H and O–H groups in total. The third-order valence-corrected chi connectivity index (χ3v) is 5.63. The molecular formula is C23H32N2O5. The monoisotopic (exact) mass is 416 g/mol. The van der Waals surface area contributed by atoms with Gasteiger partial charge in [-0.3, -0.25) is 10.1 Å². The van der Waals surface area contributed by atoms with Crippen molar-refractivity contribution in [2.75, 3.05) is 18.5 Å². The lowest BCUT2D eigenvalue weighted by Crippen LogP contribution is -2.50. The largest absolute Gasteiger partial charge is 0.452 e. The SMILES string of the molecule is CC(C)(C)OC(=O)Nc1cccc(C(=O)OCC(=O)N2CCC[C@@H]3CCCC[C@H]32)c1. The van der Waals surface area contributed by atoms with Crippen LogP contribution in [0, 0.1) is 5.92 Å². The number of nitrogens with zero attached hydrogens (tertiary/aromatic N) is 1. The van der Waals surface area contributed by atoms with E-state index in [0.717, 1.165) is 25.8 Å². The van der Waals surface area contributed by atoms with Gasteiger partial charge in [-0.05, 0) is 70.6 Å². The Balaban J connectivity index is 1.54. The Hall–Kier alpha value is -2.57. The highest BCUT2D eigenvalue weighted by molar-refractivity contribution is 5.93. The molecule has 0 bridgehead atoms. The van der Waals surface area contributed by atoms with E-state index >= 15 is 0 Å². The normalized spacial score (nSPS) is 21.4. The van der Waals surface area contributed by atoms with Gasteiger partial charge in [0.1, 0.15) is 5.60 Å². The van der Waals surface area contributed by atoms with Crippen LogP contribution in [0.25, 0.3) is 0 Å². The minimum Gasteiger partial charge on any atom is -0.452 e. The lowest BCUT2D eigenvalue weighted by atomic mass is 9.78. The summed E-state index contributed by atoms with van der Waals surface area (Å²) in [5, 5.41) is 2.60. The van der Waals surface area contributed by atoms with E-state index in [0.29, 0.717) is 17.6 Å². The molecule has 2 amide bonds. The van der Waals surface area contributed by atoms with Gasteiger partial charge in [-0.15, -0.1) is 0 Å². The summed E-state index contributed by atoms with van der Waals surface area (Å²) in [4.78, 5) is 39.0. The second-order valence-electron chi connectivity index (χ2n) is 9.13. The Morgan fingerprint density at radius 1 is 1.10 bits per heavy atom. The molecule has 2 aliphatic rings. The number of ether oxygens (including phenoxy) is 2. The summed E-state index contributed by atoms with van der Waals surface area (Å²) in [6.07, 6.45) is 6.23. The zero-order chi connectivity index (χ0) is 21.7. The van der Waals surface area contributed by atoms with Gasteiger partial charge in [-0.1, -0.05) is 18.9 Å². The van der Waals surface area contributed by atoms with Crippen LogP contribution in [0.1, 0.15) is 69.7 Å². The molecule has 7 nitrogen and oxygen atoms in total. The van der Waals surface area contributed by atoms with E-state index in [4.69, 9.17) is 9.47 Å². The fourth-order valence-corrected chi connectivity index (χ4v) is 4.37. The maximum Gasteiger partial charge on any atom is 0.412 e. The van der Waals surface area contributed by atoms with Crippen molar-refractivity contribution in [3.8, 4) is 0 Å². The van der Waals surface area contributed by atoms with Crippen molar-refractivity contribution < 1.29 is 23.9 Å². The van der Waals surface area contributed by atoms with Crippen LogP contribution >= 0.6 is 0 Å². The van der Waals surface area contributed by atoms with Crippen LogP contribution in [-0.2, 0) is 14.3 Å². The topological polar surface area (TPSA) is 84.9 Å². The predicted octanol–water partition coefficient (Wildman–Crippen LogP) is 4.37. The van der Waals surface area contributed by atoms with Crippen LogP contribution in [0.3, 0.4) is 0 Å². The molecule has 3 rings (SSSR count). The average molecular weight is 417 g/mol. The van der Waals surface area contributed by atoms with Crippen LogP contribution in [0.5, 0.6) is 0 Å². The fraction of sp³-hybridized carbons (Fsp3) is 0.609. The average Bonchev–Trinajstić information content (AvgIpc) is 2.70. The Labute approximate surface area is 178 Å². The van der Waals surface area contributed by atoms with E-state index in [2.05, 4.69) is 5.32 Å². The van der Waals surface area contributed by atoms with Gasteiger partial charge in [0.25, 0.3) is 5.91 Å². The summed E-state index contributed by atoms with van der Waals surface area (Å²) in [5.41, 5.74) is 0.0731. The van der Waals surface area contributed by atoms with Gasteiger partial charge in [0.05, 0.1) is 5.56 Å². The molecule has 1 heterocycles. The summed E-state index contributed by atoms with van der Waals surface area (Å²) >= 11 is 0. The van der Waals surface area contributed by atoms with Gasteiger partial charge in [0.2, 0.25) is 0 Å². The first kappa shape index (κ1) is 22.1. The fourth-order valence-electron chi connectivity index (χ4n) is 4.37. The zero-order valence-electron chi connectivity index (χ0n) is 18.1. The van der Waals surface area contributed by atoms with Crippen molar-refractivity contribution in [1.29, 1.82) is 0 Å². The van der Waals surface area contributed by atoms with Crippen molar-refractivity contribution in [3.05, 3.63) is 29.8 Å². The molecule has 1 aliphatic heterocycles. The minimum atomic E-state index is -0.618. The highest BCUT2D eigenvalue weighted by Crippen LogP contribution is 2.35. The quantitative estimate of drug-likeness (QED) is 0.737. The number of hydrogen-bond donors (Lipinski definition) is 1. The number of piperidine rings is 1. The van der Waals surface area contributed by atoms with Gasteiger partial charge in [0.15, 0.2) is 6.61 Å². The number of anilines is 1. The van der Waals surface area contributed by atoms with Gasteiger partial charge >= 0.3 is 12.1 Å². The number of likely N-dealkylation sites (tertiary alicyclic amines) is 1. The Morgan fingerprint density at radius 2 is 1.83 bits per heavy atom. The van der Waals surface area contributed by atoms with Crippen LogP contribution in [0.2, 0.25) is 0 Å². The first-order valence-electron chi connectivity index (χ1n) is 10.8. The molecule has 2 fully saturated rings. The summed E-state index contributed by atoms with van der Waals surface area (Å²) in [6, 6.07) is 6.69. The number of nitrogens with one attached hydrogen (secondary N) is 1. The molecule has 164 valence electrons. The number of hydrogen-bond acceptors (Lipinski definition) is 5. The molecule has 0 spiro atoms. The highest BCUT2D eigenvalue weighted by atomic mass is 16.6. The van der Waals surface area contributed by atoms with E-state index in [1.807, 2.05) is 4.90 Å². The van der Waals surface area contributed by atoms with E-state index in [1.165, 1.54) is 25.3 Å². The van der Waals surface area contributed by atoms with E-state index in [-0.39, 0.29) is 18.1 Å². The van der Waals surface area contributed by atoms with Crippen LogP contribution in [-0.4, -0.2) is 47.7 Å². The predicted molar refractivity (Wildman–Crippen MR) is 113 cm³/mol. The highest BCUT2D eigenvalue weighted by Gasteiger charge is 2.35. The standard InChI is InChI=1S/C23H32N2O5/c1-23(2,3)30-22(28)24-18-11-6-9-17(14-18)21(27)29-15-20(26)25-13-7-10-16-8-4-5-12-19(16)25/h6,9,11,14,16,19H,4-5,7-8,10,12-13,15H2,1-3H3,(H,24,28)/t16-,19+/m0/s1. The molecule has 0 radical (unpaired) electrons. The van der Waals surface area contributed by atoms with Crippen molar-refractivity contribution in [3.63, 3.8) is 0 Å². The number of esters is 1. The number of benzene rings is 1. The van der Waals surface area contributed by atoms with Gasteiger partial charge in [-0.25, -0.2) is 9.59 Å². The van der Waals surface area contributed by atoms with E-state index in [1.54, 1.807) is 39.0 Å². The van der Waals surface area contributed by atoms with Crippen LogP contribution in [0.4, 0.5) is 10.5 Å². The minimum absolute atomic E-state index is 0.122. The summed E-state index contributed by atoms with van der Waals surface area (Å²) in [5.74, 6) is -0.126. The second-order valence-corrected chi connectivity index (χ2v) is 9.13. The van der Waals surface area contributed by atoms with E-state index in [9.17, 15) is 14.4 Å². The molecule has 2 atom stereocenters. The lowest BCUT2D eigenvalue weighted by molar-refractivity contribution is -0.140. The van der Waals surface area contributed by atoms with Crippen molar-refractivity contribution in [1.82, 2.24) is 4.90 Å². The maximum absolute atomic E-state index is 12.7. The Kier molecular flexibility index (Phi) is 7.00. The molecular weight excluding hydrogens is 384 g/mol. The third kappa shape index (κ3) is 5.97. The Bertz CT molecular complexity index is 784. The van der Waals surface area contributed by atoms with Crippen LogP contribution < -0.4 is 5.32 Å². The van der Waals surface area contributed by atoms with Crippen molar-refractivity contribution in [2.45, 2.75) is 70.9 Å². The number of carbonyl (C=O) groups excluding carboxylic acids is 3. The third-order valence-electron chi connectivity index (χ3n) is 5.63. The van der Waals surface area contributed by atoms with E-state index < -0.39 is 17.7 Å². The van der Waals surface area contributed by atoms with Crippen LogP contribution in [0.15, 0.2) is 24.3 Å². The van der Waals surface area contributed by atoms with Gasteiger partial charge < -0.3 is 14.4 Å². The molecule has 1 aliphatic carbocycles. The molecule has 1 aromatic rings. The molecule has 30 heavy (non-hydrogen) atoms. The number of carbonyl (C=O) groups is 3. The van der Waals surface area contributed by atoms with Crippen molar-refractivity contribution in [2.24, 2.45) is 5.92 Å². The van der Waals surface area contributed by atoms with Crippen molar-refractivity contribution >= 4 is 23.7 Å². The molecule has 0 unspecified atom stereocenters. The molecule has 7 heteroatoms. The first-order chi connectivity index (χ1) is 14.2. The molecule has 1 aromatic carbocycles. The number of amides is 2. The first-order valence-corrected chi connectivity index (χ1v) is 10.8.